The van der Waals surface area contributed by atoms with Crippen molar-refractivity contribution in [3.63, 3.8) is 0 Å². The predicted molar refractivity (Wildman–Crippen MR) is 81.3 cm³/mol. The standard InChI is InChI=1S/C15H18N2O2S/c1-9-7-5-6-8-13(9)11(3)19-15(18)16-14-10(2)17-20-12(14)4/h5-8,11H,1-4H3,(H,16,18)/t11-/m1/s1. The third kappa shape index (κ3) is 3.17. The van der Waals surface area contributed by atoms with Crippen LogP contribution in [0, 0.1) is 20.8 Å². The monoisotopic (exact) mass is 290 g/mol. The zero-order chi connectivity index (χ0) is 14.7. The molecule has 1 amide bonds. The first-order chi connectivity index (χ1) is 9.49. The quantitative estimate of drug-likeness (QED) is 0.912. The zero-order valence-electron chi connectivity index (χ0n) is 12.1. The Kier molecular flexibility index (Phi) is 4.39. The van der Waals surface area contributed by atoms with Crippen molar-refractivity contribution in [1.82, 2.24) is 4.37 Å². The maximum Gasteiger partial charge on any atom is 0.412 e. The zero-order valence-corrected chi connectivity index (χ0v) is 12.9. The van der Waals surface area contributed by atoms with Gasteiger partial charge in [-0.3, -0.25) is 5.32 Å². The van der Waals surface area contributed by atoms with E-state index in [1.54, 1.807) is 0 Å². The van der Waals surface area contributed by atoms with Gasteiger partial charge in [0.05, 0.1) is 11.4 Å². The van der Waals surface area contributed by atoms with Gasteiger partial charge in [0.1, 0.15) is 6.10 Å². The highest BCUT2D eigenvalue weighted by molar-refractivity contribution is 7.06. The summed E-state index contributed by atoms with van der Waals surface area (Å²) in [6, 6.07) is 7.88. The number of amides is 1. The van der Waals surface area contributed by atoms with E-state index in [-0.39, 0.29) is 6.10 Å². The number of aryl methyl sites for hydroxylation is 3. The number of nitrogens with one attached hydrogen (secondary N) is 1. The minimum Gasteiger partial charge on any atom is -0.441 e. The molecule has 0 aliphatic carbocycles. The van der Waals surface area contributed by atoms with E-state index in [2.05, 4.69) is 9.69 Å². The second-order valence-electron chi connectivity index (χ2n) is 4.73. The van der Waals surface area contributed by atoms with Crippen molar-refractivity contribution in [3.05, 3.63) is 46.0 Å². The molecule has 1 heterocycles. The van der Waals surface area contributed by atoms with Crippen LogP contribution in [0.15, 0.2) is 24.3 Å². The molecule has 0 aliphatic rings. The predicted octanol–water partition coefficient (Wildman–Crippen LogP) is 4.38. The first-order valence-corrected chi connectivity index (χ1v) is 7.22. The van der Waals surface area contributed by atoms with Gasteiger partial charge >= 0.3 is 6.09 Å². The Balaban J connectivity index is 2.04. The molecule has 4 nitrogen and oxygen atoms in total. The van der Waals surface area contributed by atoms with Crippen molar-refractivity contribution in [2.24, 2.45) is 0 Å². The normalized spacial score (nSPS) is 12.0. The van der Waals surface area contributed by atoms with Crippen LogP contribution in [-0.2, 0) is 4.74 Å². The molecule has 1 aromatic carbocycles. The Morgan fingerprint density at radius 1 is 1.30 bits per heavy atom. The van der Waals surface area contributed by atoms with E-state index in [0.29, 0.717) is 0 Å². The summed E-state index contributed by atoms with van der Waals surface area (Å²) in [6.07, 6.45) is -0.740. The van der Waals surface area contributed by atoms with E-state index in [1.165, 1.54) is 11.5 Å². The van der Waals surface area contributed by atoms with Crippen LogP contribution >= 0.6 is 11.5 Å². The smallest absolute Gasteiger partial charge is 0.412 e. The third-order valence-electron chi connectivity index (χ3n) is 3.17. The third-order valence-corrected chi connectivity index (χ3v) is 4.01. The number of benzene rings is 1. The van der Waals surface area contributed by atoms with Crippen molar-refractivity contribution in [3.8, 4) is 0 Å². The number of hydrogen-bond donors (Lipinski definition) is 1. The molecule has 0 saturated carbocycles. The molecule has 1 atom stereocenters. The van der Waals surface area contributed by atoms with Gasteiger partial charge in [-0.15, -0.1) is 0 Å². The fourth-order valence-corrected chi connectivity index (χ4v) is 2.72. The van der Waals surface area contributed by atoms with E-state index in [1.807, 2.05) is 52.0 Å². The average molecular weight is 290 g/mol. The molecular weight excluding hydrogens is 272 g/mol. The number of rotatable bonds is 3. The lowest BCUT2D eigenvalue weighted by molar-refractivity contribution is 0.121. The van der Waals surface area contributed by atoms with Gasteiger partial charge in [0.2, 0.25) is 0 Å². The van der Waals surface area contributed by atoms with Crippen LogP contribution in [0.5, 0.6) is 0 Å². The van der Waals surface area contributed by atoms with Crippen LogP contribution < -0.4 is 5.32 Å². The molecule has 20 heavy (non-hydrogen) atoms. The molecule has 0 spiro atoms. The lowest BCUT2D eigenvalue weighted by Crippen LogP contribution is -2.17. The maximum absolute atomic E-state index is 12.0. The SMILES string of the molecule is Cc1ccccc1[C@@H](C)OC(=O)Nc1c(C)nsc1C. The van der Waals surface area contributed by atoms with E-state index >= 15 is 0 Å². The maximum atomic E-state index is 12.0. The van der Waals surface area contributed by atoms with Gasteiger partial charge in [0, 0.05) is 4.88 Å². The number of carbonyl (C=O) groups is 1. The van der Waals surface area contributed by atoms with E-state index in [4.69, 9.17) is 4.74 Å². The second kappa shape index (κ2) is 6.05. The summed E-state index contributed by atoms with van der Waals surface area (Å²) < 4.78 is 9.62. The number of aromatic nitrogens is 1. The molecule has 0 radical (unpaired) electrons. The molecule has 2 rings (SSSR count). The summed E-state index contributed by atoms with van der Waals surface area (Å²) in [5.74, 6) is 0. The summed E-state index contributed by atoms with van der Waals surface area (Å²) in [4.78, 5) is 12.9. The minimum absolute atomic E-state index is 0.289. The van der Waals surface area contributed by atoms with Gasteiger partial charge in [-0.1, -0.05) is 24.3 Å². The van der Waals surface area contributed by atoms with Gasteiger partial charge in [0.15, 0.2) is 0 Å². The lowest BCUT2D eigenvalue weighted by Gasteiger charge is -2.16. The first-order valence-electron chi connectivity index (χ1n) is 6.45. The molecule has 0 unspecified atom stereocenters. The Labute approximate surface area is 123 Å². The number of anilines is 1. The molecule has 5 heteroatoms. The Hall–Kier alpha value is -1.88. The van der Waals surface area contributed by atoms with Crippen molar-refractivity contribution in [2.75, 3.05) is 5.32 Å². The van der Waals surface area contributed by atoms with Crippen LogP contribution in [0.25, 0.3) is 0 Å². The van der Waals surface area contributed by atoms with Crippen molar-refractivity contribution in [2.45, 2.75) is 33.8 Å². The molecule has 0 saturated heterocycles. The Morgan fingerprint density at radius 3 is 2.60 bits per heavy atom. The summed E-state index contributed by atoms with van der Waals surface area (Å²) in [5, 5.41) is 2.77. The highest BCUT2D eigenvalue weighted by Gasteiger charge is 2.16. The van der Waals surface area contributed by atoms with Crippen molar-refractivity contribution in [1.29, 1.82) is 0 Å². The largest absolute Gasteiger partial charge is 0.441 e. The number of hydrogen-bond acceptors (Lipinski definition) is 4. The molecule has 0 fully saturated rings. The van der Waals surface area contributed by atoms with Crippen molar-refractivity contribution >= 4 is 23.3 Å². The van der Waals surface area contributed by atoms with Crippen LogP contribution in [0.3, 0.4) is 0 Å². The molecule has 2 aromatic rings. The van der Waals surface area contributed by atoms with Gasteiger partial charge in [-0.2, -0.15) is 4.37 Å². The van der Waals surface area contributed by atoms with Gasteiger partial charge < -0.3 is 4.74 Å². The number of carbonyl (C=O) groups excluding carboxylic acids is 1. The molecular formula is C15H18N2O2S. The molecule has 0 aliphatic heterocycles. The second-order valence-corrected chi connectivity index (χ2v) is 5.71. The summed E-state index contributed by atoms with van der Waals surface area (Å²) in [7, 11) is 0. The molecule has 0 bridgehead atoms. The van der Waals surface area contributed by atoms with Crippen LogP contribution in [0.1, 0.15) is 34.7 Å². The molecule has 1 N–H and O–H groups in total. The fourth-order valence-electron chi connectivity index (χ4n) is 2.06. The molecule has 1 aromatic heterocycles. The van der Waals surface area contributed by atoms with Gasteiger partial charge in [-0.05, 0) is 50.4 Å². The summed E-state index contributed by atoms with van der Waals surface area (Å²) in [6.45, 7) is 7.66. The van der Waals surface area contributed by atoms with Crippen LogP contribution in [-0.4, -0.2) is 10.5 Å². The molecule has 106 valence electrons. The highest BCUT2D eigenvalue weighted by atomic mass is 32.1. The van der Waals surface area contributed by atoms with Crippen molar-refractivity contribution < 1.29 is 9.53 Å². The van der Waals surface area contributed by atoms with E-state index < -0.39 is 6.09 Å². The topological polar surface area (TPSA) is 51.2 Å². The Morgan fingerprint density at radius 2 is 2.00 bits per heavy atom. The van der Waals surface area contributed by atoms with E-state index in [9.17, 15) is 4.79 Å². The number of nitrogens with zero attached hydrogens (tertiary/aromatic N) is 1. The van der Waals surface area contributed by atoms with E-state index in [0.717, 1.165) is 27.4 Å². The Bertz CT molecular complexity index is 603. The summed E-state index contributed by atoms with van der Waals surface area (Å²) in [5.41, 5.74) is 3.68. The average Bonchev–Trinajstić information content (AvgIpc) is 2.71. The highest BCUT2D eigenvalue weighted by Crippen LogP contribution is 2.25. The minimum atomic E-state index is -0.452. The summed E-state index contributed by atoms with van der Waals surface area (Å²) >= 11 is 1.37. The van der Waals surface area contributed by atoms with Gasteiger partial charge in [-0.25, -0.2) is 4.79 Å². The fraction of sp³-hybridized carbons (Fsp3) is 0.333. The van der Waals surface area contributed by atoms with Gasteiger partial charge in [0.25, 0.3) is 0 Å². The van der Waals surface area contributed by atoms with Crippen LogP contribution in [0.2, 0.25) is 0 Å². The van der Waals surface area contributed by atoms with Crippen LogP contribution in [0.4, 0.5) is 10.5 Å². The first kappa shape index (κ1) is 14.5. The lowest BCUT2D eigenvalue weighted by atomic mass is 10.1. The number of ether oxygens (including phenoxy) is 1.